The molecule has 1 aliphatic rings. The summed E-state index contributed by atoms with van der Waals surface area (Å²) in [6.07, 6.45) is 6.11. The lowest BCUT2D eigenvalue weighted by molar-refractivity contribution is -0.0223. The SMILES string of the molecule is BC1CC(OC)C(COP(=O)(O)OCCCOP(=O)(O)OCCCOP(=O)(O)OCCCOP(=O)(O)OCCCOP(=O)(O)OCCCCC#C)O1. The quantitative estimate of drug-likeness (QED) is 0.0274. The van der Waals surface area contributed by atoms with Crippen LogP contribution in [-0.4, -0.2) is 124 Å². The maximum Gasteiger partial charge on any atom is 0.472 e. The zero-order valence-electron chi connectivity index (χ0n) is 28.9. The van der Waals surface area contributed by atoms with E-state index in [1.165, 1.54) is 7.11 Å². The van der Waals surface area contributed by atoms with E-state index in [9.17, 15) is 47.3 Å². The lowest BCUT2D eigenvalue weighted by atomic mass is 9.96. The van der Waals surface area contributed by atoms with Crippen molar-refractivity contribution in [1.29, 1.82) is 0 Å². The molecule has 22 nitrogen and oxygen atoms in total. The summed E-state index contributed by atoms with van der Waals surface area (Å²) in [5.41, 5.74) is 0. The smallest absolute Gasteiger partial charge is 0.379 e. The van der Waals surface area contributed by atoms with Crippen molar-refractivity contribution in [1.82, 2.24) is 0 Å². The van der Waals surface area contributed by atoms with E-state index in [1.807, 2.05) is 7.85 Å². The highest BCUT2D eigenvalue weighted by atomic mass is 31.2. The predicted octanol–water partition coefficient (Wildman–Crippen LogP) is 2.78. The summed E-state index contributed by atoms with van der Waals surface area (Å²) in [6.45, 7) is -3.33. The van der Waals surface area contributed by atoms with Crippen LogP contribution in [0.25, 0.3) is 0 Å². The Morgan fingerprint density at radius 2 is 0.885 bits per heavy atom. The first-order valence-corrected chi connectivity index (χ1v) is 23.5. The molecule has 52 heavy (non-hydrogen) atoms. The summed E-state index contributed by atoms with van der Waals surface area (Å²) in [5, 5.41) is 0. The molecule has 1 aliphatic heterocycles. The number of hydrogen-bond acceptors (Lipinski definition) is 17. The zero-order chi connectivity index (χ0) is 39.2. The number of terminal acetylenes is 1. The average molecular weight is 856 g/mol. The van der Waals surface area contributed by atoms with E-state index in [4.69, 9.17) is 61.1 Å². The van der Waals surface area contributed by atoms with E-state index in [1.54, 1.807) is 0 Å². The van der Waals surface area contributed by atoms with Crippen molar-refractivity contribution in [3.8, 4) is 12.3 Å². The molecule has 0 spiro atoms. The standard InChI is InChI=1S/C24H50BO22P5/c1-3-4-5-6-11-37-48(26,27)38-12-7-13-39-49(28,29)40-14-8-15-41-50(30,31)42-16-9-17-43-51(32,33)44-18-10-19-45-52(34,35)46-21-23-22(36-2)20-24(25)47-23/h1,22-24H,4-21,25H2,2H3,(H,26,27)(H,28,29)(H,30,31)(H,32,33)(H,34,35). The minimum Gasteiger partial charge on any atom is -0.379 e. The topological polar surface area (TPSA) is 297 Å². The Morgan fingerprint density at radius 3 is 1.19 bits per heavy atom. The van der Waals surface area contributed by atoms with Crippen LogP contribution in [-0.2, 0) is 77.5 Å². The van der Waals surface area contributed by atoms with Crippen molar-refractivity contribution in [3.05, 3.63) is 0 Å². The van der Waals surface area contributed by atoms with Crippen LogP contribution in [0.4, 0.5) is 0 Å². The average Bonchev–Trinajstić information content (AvgIpc) is 3.42. The van der Waals surface area contributed by atoms with Crippen LogP contribution >= 0.6 is 39.1 Å². The molecule has 1 saturated heterocycles. The maximum absolute atomic E-state index is 12.0. The molecular weight excluding hydrogens is 806 g/mol. The van der Waals surface area contributed by atoms with Crippen LogP contribution in [0, 0.1) is 12.3 Å². The van der Waals surface area contributed by atoms with E-state index in [-0.39, 0.29) is 77.4 Å². The molecule has 0 aromatic rings. The number of phosphoric ester groups is 5. The van der Waals surface area contributed by atoms with Crippen LogP contribution in [0.3, 0.4) is 0 Å². The fraction of sp³-hybridized carbons (Fsp3) is 0.917. The van der Waals surface area contributed by atoms with Crippen molar-refractivity contribution in [2.45, 2.75) is 69.6 Å². The molecule has 0 bridgehead atoms. The van der Waals surface area contributed by atoms with E-state index >= 15 is 0 Å². The number of hydrogen-bond donors (Lipinski definition) is 5. The van der Waals surface area contributed by atoms with Crippen LogP contribution in [0.1, 0.15) is 51.4 Å². The molecule has 0 aromatic carbocycles. The van der Waals surface area contributed by atoms with Crippen LogP contribution in [0.15, 0.2) is 0 Å². The first kappa shape index (κ1) is 50.1. The Morgan fingerprint density at radius 1 is 0.577 bits per heavy atom. The molecule has 1 heterocycles. The van der Waals surface area contributed by atoms with Crippen LogP contribution in [0.5, 0.6) is 0 Å². The van der Waals surface area contributed by atoms with Gasteiger partial charge in [-0.2, -0.15) is 0 Å². The normalized spacial score (nSPS) is 23.5. The summed E-state index contributed by atoms with van der Waals surface area (Å²) >= 11 is 0. The highest BCUT2D eigenvalue weighted by Crippen LogP contribution is 2.47. The van der Waals surface area contributed by atoms with Crippen molar-refractivity contribution in [2.75, 3.05) is 73.2 Å². The molecule has 0 aromatic heterocycles. The first-order chi connectivity index (χ1) is 24.3. The summed E-state index contributed by atoms with van der Waals surface area (Å²) in [7, 11) is -19.0. The van der Waals surface area contributed by atoms with Gasteiger partial charge in [0.2, 0.25) is 0 Å². The van der Waals surface area contributed by atoms with Gasteiger partial charge in [0, 0.05) is 19.5 Å². The Bertz CT molecular complexity index is 1290. The number of rotatable bonds is 33. The van der Waals surface area contributed by atoms with Gasteiger partial charge in [0.25, 0.3) is 0 Å². The highest BCUT2D eigenvalue weighted by molar-refractivity contribution is 7.48. The molecule has 1 rings (SSSR count). The van der Waals surface area contributed by atoms with Crippen molar-refractivity contribution >= 4 is 47.0 Å². The Hall–Kier alpha value is 0.0949. The van der Waals surface area contributed by atoms with Gasteiger partial charge in [0.1, 0.15) is 14.0 Å². The van der Waals surface area contributed by atoms with Gasteiger partial charge >= 0.3 is 39.1 Å². The monoisotopic (exact) mass is 856 g/mol. The highest BCUT2D eigenvalue weighted by Gasteiger charge is 2.35. The second-order valence-electron chi connectivity index (χ2n) is 10.7. The van der Waals surface area contributed by atoms with Gasteiger partial charge < -0.3 is 33.9 Å². The van der Waals surface area contributed by atoms with Crippen LogP contribution < -0.4 is 0 Å². The maximum atomic E-state index is 12.0. The molecule has 28 heteroatoms. The van der Waals surface area contributed by atoms with Crippen LogP contribution in [0.2, 0.25) is 0 Å². The number of ether oxygens (including phenoxy) is 2. The minimum atomic E-state index is -4.56. The lowest BCUT2D eigenvalue weighted by Gasteiger charge is -2.19. The molecule has 0 aliphatic carbocycles. The van der Waals surface area contributed by atoms with Crippen molar-refractivity contribution in [3.63, 3.8) is 0 Å². The summed E-state index contributed by atoms with van der Waals surface area (Å²) in [5.74, 6) is 2.43. The van der Waals surface area contributed by atoms with E-state index in [0.29, 0.717) is 25.7 Å². The second-order valence-corrected chi connectivity index (χ2v) is 18.0. The fourth-order valence-corrected chi connectivity index (χ4v) is 7.80. The third-order valence-electron chi connectivity index (χ3n) is 6.25. The van der Waals surface area contributed by atoms with Gasteiger partial charge in [0.05, 0.1) is 72.2 Å². The molecule has 8 unspecified atom stereocenters. The zero-order valence-corrected chi connectivity index (χ0v) is 33.4. The van der Waals surface area contributed by atoms with Gasteiger partial charge in [-0.1, -0.05) is 0 Å². The van der Waals surface area contributed by atoms with Gasteiger partial charge in [-0.25, -0.2) is 22.8 Å². The Kier molecular flexibility index (Phi) is 25.2. The van der Waals surface area contributed by atoms with Crippen molar-refractivity contribution in [2.24, 2.45) is 0 Å². The van der Waals surface area contributed by atoms with E-state index in [2.05, 4.69) is 5.92 Å². The molecule has 5 N–H and O–H groups in total. The molecule has 1 fully saturated rings. The van der Waals surface area contributed by atoms with Crippen molar-refractivity contribution < 1.29 is 102 Å². The Balaban J connectivity index is 2.09. The molecular formula is C24H50BO22P5. The minimum absolute atomic E-state index is 0.0289. The number of unbranched alkanes of at least 4 members (excludes halogenated alkanes) is 2. The first-order valence-electron chi connectivity index (χ1n) is 16.0. The molecule has 8 atom stereocenters. The third kappa shape index (κ3) is 26.0. The van der Waals surface area contributed by atoms with Gasteiger partial charge in [-0.15, -0.1) is 12.3 Å². The fourth-order valence-electron chi connectivity index (χ4n) is 3.85. The summed E-state index contributed by atoms with van der Waals surface area (Å²) < 4.78 is 118. The lowest BCUT2D eigenvalue weighted by Crippen LogP contribution is -2.28. The summed E-state index contributed by atoms with van der Waals surface area (Å²) in [6, 6.07) is -0.0970. The molecule has 0 radical (unpaired) electrons. The van der Waals surface area contributed by atoms with Gasteiger partial charge in [-0.05, 0) is 44.9 Å². The van der Waals surface area contributed by atoms with E-state index < -0.39 is 71.6 Å². The molecule has 0 saturated carbocycles. The molecule has 306 valence electrons. The van der Waals surface area contributed by atoms with Gasteiger partial charge in [0.15, 0.2) is 0 Å². The van der Waals surface area contributed by atoms with E-state index in [0.717, 1.165) is 0 Å². The Labute approximate surface area is 303 Å². The number of phosphoric acid groups is 5. The second kappa shape index (κ2) is 26.1. The largest absolute Gasteiger partial charge is 0.472 e. The predicted molar refractivity (Wildman–Crippen MR) is 182 cm³/mol. The molecule has 0 amide bonds. The summed E-state index contributed by atoms with van der Waals surface area (Å²) in [4.78, 5) is 48.5. The number of methoxy groups -OCH3 is 1. The van der Waals surface area contributed by atoms with Gasteiger partial charge in [-0.3, -0.25) is 45.2 Å². The third-order valence-corrected chi connectivity index (χ3v) is 11.3.